The third-order valence-corrected chi connectivity index (χ3v) is 2.78. The van der Waals surface area contributed by atoms with Crippen molar-refractivity contribution in [3.8, 4) is 5.75 Å². The number of carboxylic acids is 1. The highest BCUT2D eigenvalue weighted by molar-refractivity contribution is 5.88. The predicted molar refractivity (Wildman–Crippen MR) is 68.9 cm³/mol. The lowest BCUT2D eigenvalue weighted by atomic mass is 10.1. The molecule has 0 saturated carbocycles. The van der Waals surface area contributed by atoms with Crippen molar-refractivity contribution in [2.24, 2.45) is 0 Å². The molecule has 0 heterocycles. The van der Waals surface area contributed by atoms with Crippen LogP contribution in [0.4, 0.5) is 4.39 Å². The van der Waals surface area contributed by atoms with Gasteiger partial charge in [-0.2, -0.15) is 0 Å². The molecular formula is C15H13FO3. The van der Waals surface area contributed by atoms with Crippen LogP contribution in [0.1, 0.15) is 21.5 Å². The molecule has 19 heavy (non-hydrogen) atoms. The van der Waals surface area contributed by atoms with Gasteiger partial charge in [-0.15, -0.1) is 0 Å². The van der Waals surface area contributed by atoms with Gasteiger partial charge < -0.3 is 9.84 Å². The van der Waals surface area contributed by atoms with Gasteiger partial charge in [0.15, 0.2) is 0 Å². The molecule has 2 aromatic carbocycles. The topological polar surface area (TPSA) is 46.5 Å². The summed E-state index contributed by atoms with van der Waals surface area (Å²) in [5.74, 6) is -1.51. The summed E-state index contributed by atoms with van der Waals surface area (Å²) in [5.41, 5.74) is 1.12. The number of ether oxygens (including phenoxy) is 1. The number of hydrogen-bond acceptors (Lipinski definition) is 2. The van der Waals surface area contributed by atoms with E-state index >= 15 is 0 Å². The van der Waals surface area contributed by atoms with E-state index in [1.54, 1.807) is 6.92 Å². The van der Waals surface area contributed by atoms with Crippen LogP contribution in [0.5, 0.6) is 5.75 Å². The molecule has 3 nitrogen and oxygen atoms in total. The molecule has 0 aliphatic rings. The molecule has 4 heteroatoms. The lowest BCUT2D eigenvalue weighted by Gasteiger charge is -2.11. The zero-order valence-corrected chi connectivity index (χ0v) is 10.4. The number of aromatic carboxylic acids is 1. The predicted octanol–water partition coefficient (Wildman–Crippen LogP) is 3.41. The van der Waals surface area contributed by atoms with Crippen molar-refractivity contribution in [2.45, 2.75) is 13.5 Å². The Balaban J connectivity index is 2.22. The average Bonchev–Trinajstić information content (AvgIpc) is 2.41. The number of hydrogen-bond donors (Lipinski definition) is 1. The van der Waals surface area contributed by atoms with E-state index in [9.17, 15) is 9.18 Å². The molecule has 0 amide bonds. The molecule has 2 rings (SSSR count). The number of carboxylic acid groups (broad SMARTS) is 1. The normalized spacial score (nSPS) is 10.2. The van der Waals surface area contributed by atoms with Crippen molar-refractivity contribution in [3.63, 3.8) is 0 Å². The molecule has 1 N–H and O–H groups in total. The third kappa shape index (κ3) is 3.10. The molecule has 0 saturated heterocycles. The van der Waals surface area contributed by atoms with E-state index < -0.39 is 11.8 Å². The molecule has 0 bridgehead atoms. The van der Waals surface area contributed by atoms with E-state index in [0.29, 0.717) is 5.56 Å². The Morgan fingerprint density at radius 3 is 2.58 bits per heavy atom. The van der Waals surface area contributed by atoms with E-state index in [1.807, 2.05) is 30.3 Å². The van der Waals surface area contributed by atoms with Crippen LogP contribution in [0.2, 0.25) is 0 Å². The molecule has 98 valence electrons. The summed E-state index contributed by atoms with van der Waals surface area (Å²) in [7, 11) is 0. The van der Waals surface area contributed by atoms with Crippen LogP contribution < -0.4 is 4.74 Å². The van der Waals surface area contributed by atoms with Crippen molar-refractivity contribution in [1.29, 1.82) is 0 Å². The van der Waals surface area contributed by atoms with Crippen molar-refractivity contribution in [3.05, 3.63) is 65.0 Å². The minimum Gasteiger partial charge on any atom is -0.489 e. The first kappa shape index (κ1) is 13.1. The molecule has 0 aliphatic carbocycles. The molecule has 0 unspecified atom stereocenters. The Hall–Kier alpha value is -2.36. The highest BCUT2D eigenvalue weighted by Crippen LogP contribution is 2.24. The number of benzene rings is 2. The quantitative estimate of drug-likeness (QED) is 0.916. The maximum absolute atomic E-state index is 13.6. The van der Waals surface area contributed by atoms with Gasteiger partial charge in [0.25, 0.3) is 0 Å². The van der Waals surface area contributed by atoms with Gasteiger partial charge in [-0.05, 0) is 24.6 Å². The highest BCUT2D eigenvalue weighted by Gasteiger charge is 2.12. The summed E-state index contributed by atoms with van der Waals surface area (Å²) < 4.78 is 19.1. The Labute approximate surface area is 110 Å². The van der Waals surface area contributed by atoms with Gasteiger partial charge in [-0.25, -0.2) is 9.18 Å². The second-order valence-electron chi connectivity index (χ2n) is 4.16. The van der Waals surface area contributed by atoms with Crippen molar-refractivity contribution < 1.29 is 19.0 Å². The molecule has 0 atom stereocenters. The first-order valence-electron chi connectivity index (χ1n) is 5.78. The largest absolute Gasteiger partial charge is 0.489 e. The lowest BCUT2D eigenvalue weighted by molar-refractivity contribution is 0.0695. The SMILES string of the molecule is Cc1c(F)cc(C(=O)O)cc1OCc1ccccc1. The zero-order chi connectivity index (χ0) is 13.8. The van der Waals surface area contributed by atoms with Gasteiger partial charge in [0.1, 0.15) is 18.2 Å². The molecule has 0 aliphatic heterocycles. The zero-order valence-electron chi connectivity index (χ0n) is 10.4. The van der Waals surface area contributed by atoms with Crippen LogP contribution in [0.3, 0.4) is 0 Å². The fourth-order valence-corrected chi connectivity index (χ4v) is 1.66. The average molecular weight is 260 g/mol. The Kier molecular flexibility index (Phi) is 3.80. The Bertz CT molecular complexity index is 594. The first-order chi connectivity index (χ1) is 9.08. The summed E-state index contributed by atoms with van der Waals surface area (Å²) in [6.07, 6.45) is 0. The second-order valence-corrected chi connectivity index (χ2v) is 4.16. The fraction of sp³-hybridized carbons (Fsp3) is 0.133. The molecule has 0 aromatic heterocycles. The Morgan fingerprint density at radius 1 is 1.26 bits per heavy atom. The summed E-state index contributed by atoms with van der Waals surface area (Å²) in [4.78, 5) is 10.9. The van der Waals surface area contributed by atoms with Crippen LogP contribution in [-0.4, -0.2) is 11.1 Å². The molecule has 0 radical (unpaired) electrons. The first-order valence-corrected chi connectivity index (χ1v) is 5.78. The molecular weight excluding hydrogens is 247 g/mol. The van der Waals surface area contributed by atoms with Crippen LogP contribution in [-0.2, 0) is 6.61 Å². The Morgan fingerprint density at radius 2 is 1.95 bits per heavy atom. The van der Waals surface area contributed by atoms with Crippen LogP contribution >= 0.6 is 0 Å². The fourth-order valence-electron chi connectivity index (χ4n) is 1.66. The van der Waals surface area contributed by atoms with Crippen molar-refractivity contribution >= 4 is 5.97 Å². The minimum atomic E-state index is -1.18. The summed E-state index contributed by atoms with van der Waals surface area (Å²) in [6.45, 7) is 1.82. The molecule has 0 fully saturated rings. The highest BCUT2D eigenvalue weighted by atomic mass is 19.1. The smallest absolute Gasteiger partial charge is 0.335 e. The van der Waals surface area contributed by atoms with Crippen LogP contribution in [0, 0.1) is 12.7 Å². The van der Waals surface area contributed by atoms with Crippen molar-refractivity contribution in [2.75, 3.05) is 0 Å². The minimum absolute atomic E-state index is 0.119. The van der Waals surface area contributed by atoms with E-state index in [4.69, 9.17) is 9.84 Å². The lowest BCUT2D eigenvalue weighted by Crippen LogP contribution is -2.03. The number of rotatable bonds is 4. The van der Waals surface area contributed by atoms with Gasteiger partial charge >= 0.3 is 5.97 Å². The van der Waals surface area contributed by atoms with E-state index in [1.165, 1.54) is 6.07 Å². The maximum Gasteiger partial charge on any atom is 0.335 e. The number of halogens is 1. The van der Waals surface area contributed by atoms with Gasteiger partial charge in [-0.1, -0.05) is 30.3 Å². The molecule has 0 spiro atoms. The summed E-state index contributed by atoms with van der Waals surface area (Å²) >= 11 is 0. The van der Waals surface area contributed by atoms with E-state index in [0.717, 1.165) is 11.6 Å². The standard InChI is InChI=1S/C15H13FO3/c1-10-13(16)7-12(15(17)18)8-14(10)19-9-11-5-3-2-4-6-11/h2-8H,9H2,1H3,(H,17,18). The van der Waals surface area contributed by atoms with Gasteiger partial charge in [-0.3, -0.25) is 0 Å². The summed E-state index contributed by atoms with van der Waals surface area (Å²) in [5, 5.41) is 8.89. The maximum atomic E-state index is 13.6. The van der Waals surface area contributed by atoms with Gasteiger partial charge in [0.2, 0.25) is 0 Å². The van der Waals surface area contributed by atoms with E-state index in [-0.39, 0.29) is 17.9 Å². The van der Waals surface area contributed by atoms with E-state index in [2.05, 4.69) is 0 Å². The number of carbonyl (C=O) groups is 1. The summed E-state index contributed by atoms with van der Waals surface area (Å²) in [6, 6.07) is 11.7. The van der Waals surface area contributed by atoms with Crippen LogP contribution in [0.25, 0.3) is 0 Å². The van der Waals surface area contributed by atoms with Gasteiger partial charge in [0, 0.05) is 5.56 Å². The van der Waals surface area contributed by atoms with Crippen molar-refractivity contribution in [1.82, 2.24) is 0 Å². The van der Waals surface area contributed by atoms with Gasteiger partial charge in [0.05, 0.1) is 5.56 Å². The monoisotopic (exact) mass is 260 g/mol. The second kappa shape index (κ2) is 5.52. The van der Waals surface area contributed by atoms with Crippen LogP contribution in [0.15, 0.2) is 42.5 Å². The molecule has 2 aromatic rings. The third-order valence-electron chi connectivity index (χ3n) is 2.78.